The lowest BCUT2D eigenvalue weighted by atomic mass is 10.2. The van der Waals surface area contributed by atoms with Gasteiger partial charge in [0, 0.05) is 26.1 Å². The first-order valence-corrected chi connectivity index (χ1v) is 12.0. The summed E-state index contributed by atoms with van der Waals surface area (Å²) in [5, 5.41) is 3.80. The molecule has 3 aromatic rings. The number of H-pyrrole nitrogens is 1. The molecule has 0 saturated carbocycles. The summed E-state index contributed by atoms with van der Waals surface area (Å²) >= 11 is 17.8. The summed E-state index contributed by atoms with van der Waals surface area (Å²) in [5.74, 6) is -0.124. The molecular weight excluding hydrogens is 489 g/mol. The molecule has 0 atom stereocenters. The second kappa shape index (κ2) is 11.7. The van der Waals surface area contributed by atoms with Gasteiger partial charge < -0.3 is 10.3 Å². The number of aromatic amines is 1. The molecule has 2 heterocycles. The van der Waals surface area contributed by atoms with Gasteiger partial charge in [-0.1, -0.05) is 49.0 Å². The van der Waals surface area contributed by atoms with Crippen molar-refractivity contribution in [3.63, 3.8) is 0 Å². The van der Waals surface area contributed by atoms with Crippen molar-refractivity contribution in [2.24, 2.45) is 0 Å². The number of benzene rings is 1. The van der Waals surface area contributed by atoms with Gasteiger partial charge in [-0.05, 0) is 48.6 Å². The molecule has 1 aromatic carbocycles. The number of aromatic nitrogens is 4. The van der Waals surface area contributed by atoms with Gasteiger partial charge in [-0.2, -0.15) is 4.98 Å². The van der Waals surface area contributed by atoms with Crippen molar-refractivity contribution < 1.29 is 4.79 Å². The third-order valence-corrected chi connectivity index (χ3v) is 6.24. The third-order valence-electron chi connectivity index (χ3n) is 5.33. The molecule has 11 heteroatoms. The lowest BCUT2D eigenvalue weighted by Gasteiger charge is -2.11. The van der Waals surface area contributed by atoms with Crippen molar-refractivity contribution in [1.29, 1.82) is 0 Å². The van der Waals surface area contributed by atoms with Crippen molar-refractivity contribution in [2.45, 2.75) is 65.1 Å². The van der Waals surface area contributed by atoms with E-state index in [1.807, 2.05) is 0 Å². The molecule has 0 unspecified atom stereocenters. The SMILES string of the molecule is CCCCCn1c(=O)n(CCCCC(=O)NCc2ccc(Cl)c(Cl)c2)c(=O)c2[nH]c(Cl)nc21. The number of hydrogen-bond acceptors (Lipinski definition) is 4. The number of nitrogens with one attached hydrogen (secondary N) is 2. The number of carbonyl (C=O) groups excluding carboxylic acids is 1. The highest BCUT2D eigenvalue weighted by Crippen LogP contribution is 2.22. The van der Waals surface area contributed by atoms with Crippen molar-refractivity contribution in [2.75, 3.05) is 0 Å². The first-order valence-electron chi connectivity index (χ1n) is 10.9. The number of halogens is 3. The minimum Gasteiger partial charge on any atom is -0.352 e. The molecule has 178 valence electrons. The third kappa shape index (κ3) is 6.40. The zero-order valence-electron chi connectivity index (χ0n) is 18.3. The number of carbonyl (C=O) groups is 1. The van der Waals surface area contributed by atoms with E-state index in [1.165, 1.54) is 9.13 Å². The van der Waals surface area contributed by atoms with Gasteiger partial charge in [-0.15, -0.1) is 0 Å². The Hall–Kier alpha value is -2.29. The summed E-state index contributed by atoms with van der Waals surface area (Å²) in [6.07, 6.45) is 4.06. The van der Waals surface area contributed by atoms with Crippen molar-refractivity contribution in [3.8, 4) is 0 Å². The predicted molar refractivity (Wildman–Crippen MR) is 131 cm³/mol. The number of imidazole rings is 1. The van der Waals surface area contributed by atoms with Crippen LogP contribution >= 0.6 is 34.8 Å². The lowest BCUT2D eigenvalue weighted by molar-refractivity contribution is -0.121. The van der Waals surface area contributed by atoms with E-state index in [0.29, 0.717) is 36.0 Å². The fourth-order valence-corrected chi connectivity index (χ4v) is 4.05. The van der Waals surface area contributed by atoms with Crippen LogP contribution in [0.1, 0.15) is 51.0 Å². The topological polar surface area (TPSA) is 102 Å². The first kappa shape index (κ1) is 25.3. The Morgan fingerprint density at radius 1 is 1.03 bits per heavy atom. The van der Waals surface area contributed by atoms with E-state index in [1.54, 1.807) is 18.2 Å². The summed E-state index contributed by atoms with van der Waals surface area (Å²) in [4.78, 5) is 44.8. The van der Waals surface area contributed by atoms with Gasteiger partial charge in [0.25, 0.3) is 5.56 Å². The van der Waals surface area contributed by atoms with Crippen LogP contribution in [0.15, 0.2) is 27.8 Å². The van der Waals surface area contributed by atoms with Crippen LogP contribution in [0.5, 0.6) is 0 Å². The van der Waals surface area contributed by atoms with Gasteiger partial charge in [-0.25, -0.2) is 4.79 Å². The number of aryl methyl sites for hydroxylation is 1. The van der Waals surface area contributed by atoms with Crippen LogP contribution in [0.2, 0.25) is 15.3 Å². The predicted octanol–water partition coefficient (Wildman–Crippen LogP) is 4.52. The Balaban J connectivity index is 1.60. The maximum absolute atomic E-state index is 13.0. The molecule has 2 aromatic heterocycles. The smallest absolute Gasteiger partial charge is 0.332 e. The number of rotatable bonds is 11. The highest BCUT2D eigenvalue weighted by atomic mass is 35.5. The molecule has 0 bridgehead atoms. The minimum atomic E-state index is -0.454. The van der Waals surface area contributed by atoms with Crippen LogP contribution in [0.4, 0.5) is 0 Å². The molecule has 0 fully saturated rings. The van der Waals surface area contributed by atoms with Crippen molar-refractivity contribution in [3.05, 3.63) is 59.9 Å². The van der Waals surface area contributed by atoms with Crippen molar-refractivity contribution >= 4 is 51.9 Å². The van der Waals surface area contributed by atoms with E-state index in [2.05, 4.69) is 22.2 Å². The average molecular weight is 515 g/mol. The van der Waals surface area contributed by atoms with Crippen LogP contribution in [0.25, 0.3) is 11.2 Å². The largest absolute Gasteiger partial charge is 0.352 e. The van der Waals surface area contributed by atoms with E-state index in [-0.39, 0.29) is 35.3 Å². The van der Waals surface area contributed by atoms with E-state index in [0.717, 1.165) is 24.8 Å². The maximum Gasteiger partial charge on any atom is 0.332 e. The second-order valence-electron chi connectivity index (χ2n) is 7.81. The minimum absolute atomic E-state index is 0.0714. The second-order valence-corrected chi connectivity index (χ2v) is 8.98. The van der Waals surface area contributed by atoms with Crippen LogP contribution in [0, 0.1) is 0 Å². The summed E-state index contributed by atoms with van der Waals surface area (Å²) in [7, 11) is 0. The Morgan fingerprint density at radius 2 is 1.76 bits per heavy atom. The van der Waals surface area contributed by atoms with Gasteiger partial charge in [0.2, 0.25) is 11.2 Å². The Kier molecular flexibility index (Phi) is 9.00. The van der Waals surface area contributed by atoms with Gasteiger partial charge in [0.05, 0.1) is 10.0 Å². The normalized spacial score (nSPS) is 11.3. The van der Waals surface area contributed by atoms with E-state index >= 15 is 0 Å². The number of amides is 1. The van der Waals surface area contributed by atoms with E-state index < -0.39 is 11.2 Å². The quantitative estimate of drug-likeness (QED) is 0.290. The van der Waals surface area contributed by atoms with Gasteiger partial charge in [0.15, 0.2) is 11.2 Å². The zero-order chi connectivity index (χ0) is 24.0. The number of nitrogens with zero attached hydrogens (tertiary/aromatic N) is 3. The van der Waals surface area contributed by atoms with Gasteiger partial charge in [-0.3, -0.25) is 18.7 Å². The van der Waals surface area contributed by atoms with Crippen molar-refractivity contribution in [1.82, 2.24) is 24.4 Å². The highest BCUT2D eigenvalue weighted by Gasteiger charge is 2.16. The van der Waals surface area contributed by atoms with Gasteiger partial charge >= 0.3 is 5.69 Å². The van der Waals surface area contributed by atoms with Gasteiger partial charge in [0.1, 0.15) is 0 Å². The highest BCUT2D eigenvalue weighted by molar-refractivity contribution is 6.42. The van der Waals surface area contributed by atoms with E-state index in [9.17, 15) is 14.4 Å². The molecule has 0 aliphatic heterocycles. The average Bonchev–Trinajstić information content (AvgIpc) is 3.18. The maximum atomic E-state index is 13.0. The molecule has 0 radical (unpaired) electrons. The number of fused-ring (bicyclic) bond motifs is 1. The molecule has 0 aliphatic carbocycles. The number of unbranched alkanes of at least 4 members (excludes halogenated alkanes) is 3. The fraction of sp³-hybridized carbons (Fsp3) is 0.455. The van der Waals surface area contributed by atoms with Crippen LogP contribution in [-0.4, -0.2) is 25.0 Å². The Morgan fingerprint density at radius 3 is 2.48 bits per heavy atom. The van der Waals surface area contributed by atoms with Crippen LogP contribution < -0.4 is 16.6 Å². The first-order chi connectivity index (χ1) is 15.8. The monoisotopic (exact) mass is 513 g/mol. The molecular formula is C22H26Cl3N5O3. The van der Waals surface area contributed by atoms with Crippen LogP contribution in [-0.2, 0) is 24.4 Å². The van der Waals surface area contributed by atoms with E-state index in [4.69, 9.17) is 34.8 Å². The molecule has 3 rings (SSSR count). The molecule has 33 heavy (non-hydrogen) atoms. The number of hydrogen-bond donors (Lipinski definition) is 2. The fourth-order valence-electron chi connectivity index (χ4n) is 3.55. The Bertz CT molecular complexity index is 1250. The molecule has 0 saturated heterocycles. The summed E-state index contributed by atoms with van der Waals surface area (Å²) < 4.78 is 2.69. The zero-order valence-corrected chi connectivity index (χ0v) is 20.6. The molecule has 2 N–H and O–H groups in total. The summed E-state index contributed by atoms with van der Waals surface area (Å²) in [5.41, 5.74) is 0.486. The molecule has 8 nitrogen and oxygen atoms in total. The summed E-state index contributed by atoms with van der Waals surface area (Å²) in [6.45, 7) is 3.08. The molecule has 0 spiro atoms. The lowest BCUT2D eigenvalue weighted by Crippen LogP contribution is -2.40. The molecule has 1 amide bonds. The Labute approximate surface area is 205 Å². The van der Waals surface area contributed by atoms with Crippen LogP contribution in [0.3, 0.4) is 0 Å². The summed E-state index contributed by atoms with van der Waals surface area (Å²) in [6, 6.07) is 5.19. The molecule has 0 aliphatic rings. The standard InChI is InChI=1S/C22H26Cl3N5O3/c1-2-3-5-10-29-19-18(27-21(25)28-19)20(32)30(22(29)33)11-6-4-7-17(31)26-13-14-8-9-15(23)16(24)12-14/h8-9,12H,2-7,10-11,13H2,1H3,(H,26,31)(H,27,28).